The Labute approximate surface area is 138 Å². The lowest BCUT2D eigenvalue weighted by molar-refractivity contribution is 0.0959. The third-order valence-electron chi connectivity index (χ3n) is 3.81. The average molecular weight is 326 g/mol. The maximum Gasteiger partial charge on any atom is 0.295 e. The molecule has 0 aliphatic heterocycles. The van der Waals surface area contributed by atoms with Crippen LogP contribution < -0.4 is 10.9 Å². The summed E-state index contributed by atoms with van der Waals surface area (Å²) in [5.74, 6) is 1.14. The molecule has 0 aromatic carbocycles. The normalized spacial score (nSPS) is 11.0. The van der Waals surface area contributed by atoms with Crippen LogP contribution in [-0.2, 0) is 6.54 Å². The van der Waals surface area contributed by atoms with Gasteiger partial charge in [0.05, 0.1) is 5.69 Å². The van der Waals surface area contributed by atoms with Crippen LogP contribution in [0, 0.1) is 13.8 Å². The molecule has 0 aliphatic carbocycles. The second-order valence-electron chi connectivity index (χ2n) is 5.48. The van der Waals surface area contributed by atoms with Crippen LogP contribution in [0.5, 0.6) is 0 Å². The predicted octanol–water partition coefficient (Wildman–Crippen LogP) is 1.92. The van der Waals surface area contributed by atoms with Crippen molar-refractivity contribution in [3.05, 3.63) is 58.7 Å². The van der Waals surface area contributed by atoms with Gasteiger partial charge in [0.15, 0.2) is 0 Å². The van der Waals surface area contributed by atoms with Crippen molar-refractivity contribution in [1.29, 1.82) is 0 Å². The van der Waals surface area contributed by atoms with Crippen LogP contribution >= 0.6 is 0 Å². The van der Waals surface area contributed by atoms with Crippen molar-refractivity contribution >= 4 is 11.6 Å². The highest BCUT2D eigenvalue weighted by atomic mass is 16.3. The zero-order valence-electron chi connectivity index (χ0n) is 13.8. The third kappa shape index (κ3) is 2.44. The number of nitrogens with zero attached hydrogens (tertiary/aromatic N) is 3. The summed E-state index contributed by atoms with van der Waals surface area (Å²) in [6.07, 6.45) is 4.96. The summed E-state index contributed by atoms with van der Waals surface area (Å²) >= 11 is 0. The van der Waals surface area contributed by atoms with Crippen LogP contribution in [0.1, 0.15) is 22.0 Å². The molecule has 0 atom stereocenters. The van der Waals surface area contributed by atoms with Crippen LogP contribution in [0.25, 0.3) is 16.9 Å². The summed E-state index contributed by atoms with van der Waals surface area (Å²) in [4.78, 5) is 28.8. The van der Waals surface area contributed by atoms with E-state index in [9.17, 15) is 9.59 Å². The van der Waals surface area contributed by atoms with Crippen LogP contribution in [0.15, 0.2) is 40.3 Å². The van der Waals surface area contributed by atoms with Crippen molar-refractivity contribution in [2.45, 2.75) is 20.4 Å². The molecular formula is C17H18N4O3. The van der Waals surface area contributed by atoms with Crippen LogP contribution in [0.2, 0.25) is 0 Å². The van der Waals surface area contributed by atoms with Gasteiger partial charge in [-0.05, 0) is 19.9 Å². The standard InChI is InChI=1S/C17H18N4O3/c1-5-6-21-14(12-7-10(2)24-11(12)3)9-20-8-13(16(22)18-4)19-15(20)17(21)23/h5,7-9H,1,6H2,2-4H3,(H,18,22). The van der Waals surface area contributed by atoms with E-state index in [1.807, 2.05) is 19.9 Å². The molecule has 0 fully saturated rings. The van der Waals surface area contributed by atoms with Crippen LogP contribution in [-0.4, -0.2) is 26.9 Å². The van der Waals surface area contributed by atoms with Gasteiger partial charge >= 0.3 is 0 Å². The van der Waals surface area contributed by atoms with E-state index in [1.165, 1.54) is 7.05 Å². The van der Waals surface area contributed by atoms with E-state index in [0.717, 1.165) is 17.1 Å². The Hall–Kier alpha value is -3.09. The SMILES string of the molecule is C=CCn1c(-c2cc(C)oc2C)cn2cc(C(=O)NC)nc2c1=O. The molecule has 3 rings (SSSR count). The highest BCUT2D eigenvalue weighted by molar-refractivity contribution is 5.92. The lowest BCUT2D eigenvalue weighted by atomic mass is 10.2. The second kappa shape index (κ2) is 5.84. The number of amides is 1. The number of imidazole rings is 1. The predicted molar refractivity (Wildman–Crippen MR) is 90.2 cm³/mol. The second-order valence-corrected chi connectivity index (χ2v) is 5.48. The smallest absolute Gasteiger partial charge is 0.295 e. The maximum atomic E-state index is 12.8. The molecule has 0 saturated heterocycles. The Balaban J connectivity index is 2.33. The molecule has 0 aliphatic rings. The van der Waals surface area contributed by atoms with Crippen molar-refractivity contribution in [2.75, 3.05) is 7.05 Å². The van der Waals surface area contributed by atoms with E-state index in [-0.39, 0.29) is 22.8 Å². The summed E-state index contributed by atoms with van der Waals surface area (Å²) in [6, 6.07) is 1.88. The number of aryl methyl sites for hydroxylation is 2. The first-order chi connectivity index (χ1) is 11.5. The molecule has 124 valence electrons. The number of fused-ring (bicyclic) bond motifs is 1. The number of rotatable bonds is 4. The summed E-state index contributed by atoms with van der Waals surface area (Å²) in [5, 5.41) is 2.51. The van der Waals surface area contributed by atoms with Gasteiger partial charge in [0.1, 0.15) is 17.2 Å². The van der Waals surface area contributed by atoms with Crippen molar-refractivity contribution in [3.63, 3.8) is 0 Å². The first-order valence-electron chi connectivity index (χ1n) is 7.49. The Morgan fingerprint density at radius 2 is 2.17 bits per heavy atom. The molecule has 7 heteroatoms. The Morgan fingerprint density at radius 3 is 2.75 bits per heavy atom. The monoisotopic (exact) mass is 326 g/mol. The Morgan fingerprint density at radius 1 is 1.42 bits per heavy atom. The summed E-state index contributed by atoms with van der Waals surface area (Å²) in [6.45, 7) is 7.74. The molecule has 24 heavy (non-hydrogen) atoms. The number of carbonyl (C=O) groups excluding carboxylic acids is 1. The molecule has 0 bridgehead atoms. The fourth-order valence-corrected chi connectivity index (χ4v) is 2.73. The highest BCUT2D eigenvalue weighted by Gasteiger charge is 2.18. The van der Waals surface area contributed by atoms with Gasteiger partial charge < -0.3 is 9.73 Å². The van der Waals surface area contributed by atoms with Gasteiger partial charge in [-0.15, -0.1) is 6.58 Å². The summed E-state index contributed by atoms with van der Waals surface area (Å²) in [7, 11) is 1.52. The molecule has 7 nitrogen and oxygen atoms in total. The average Bonchev–Trinajstić information content (AvgIpc) is 3.12. The molecule has 0 unspecified atom stereocenters. The molecule has 1 amide bonds. The minimum absolute atomic E-state index is 0.192. The van der Waals surface area contributed by atoms with Crippen LogP contribution in [0.3, 0.4) is 0 Å². The summed E-state index contributed by atoms with van der Waals surface area (Å²) in [5.41, 5.74) is 1.60. The van der Waals surface area contributed by atoms with Crippen molar-refractivity contribution in [3.8, 4) is 11.3 Å². The largest absolute Gasteiger partial charge is 0.466 e. The first-order valence-corrected chi connectivity index (χ1v) is 7.49. The van der Waals surface area contributed by atoms with Crippen molar-refractivity contribution in [1.82, 2.24) is 19.3 Å². The first kappa shape index (κ1) is 15.8. The minimum atomic E-state index is -0.342. The molecule has 3 aromatic rings. The fraction of sp³-hybridized carbons (Fsp3) is 0.235. The maximum absolute atomic E-state index is 12.8. The molecule has 3 heterocycles. The third-order valence-corrected chi connectivity index (χ3v) is 3.81. The van der Waals surface area contributed by atoms with E-state index in [4.69, 9.17) is 4.42 Å². The van der Waals surface area contributed by atoms with Gasteiger partial charge in [0.25, 0.3) is 11.5 Å². The Bertz CT molecular complexity index is 1010. The zero-order chi connectivity index (χ0) is 17.4. The number of hydrogen-bond acceptors (Lipinski definition) is 4. The van der Waals surface area contributed by atoms with Gasteiger partial charge in [0, 0.05) is 31.5 Å². The quantitative estimate of drug-likeness (QED) is 0.743. The molecule has 1 N–H and O–H groups in total. The number of aromatic nitrogens is 3. The summed E-state index contributed by atoms with van der Waals surface area (Å²) < 4.78 is 8.73. The number of nitrogens with one attached hydrogen (secondary N) is 1. The number of allylic oxidation sites excluding steroid dienone is 1. The van der Waals surface area contributed by atoms with Gasteiger partial charge in [-0.2, -0.15) is 0 Å². The van der Waals surface area contributed by atoms with Gasteiger partial charge in [-0.1, -0.05) is 6.08 Å². The van der Waals surface area contributed by atoms with E-state index >= 15 is 0 Å². The highest BCUT2D eigenvalue weighted by Crippen LogP contribution is 2.26. The van der Waals surface area contributed by atoms with Crippen molar-refractivity contribution < 1.29 is 9.21 Å². The van der Waals surface area contributed by atoms with E-state index in [2.05, 4.69) is 16.9 Å². The zero-order valence-corrected chi connectivity index (χ0v) is 13.8. The van der Waals surface area contributed by atoms with Gasteiger partial charge in [-0.25, -0.2) is 4.98 Å². The van der Waals surface area contributed by atoms with E-state index < -0.39 is 0 Å². The molecule has 0 radical (unpaired) electrons. The topological polar surface area (TPSA) is 81.5 Å². The van der Waals surface area contributed by atoms with Crippen molar-refractivity contribution in [2.24, 2.45) is 0 Å². The number of hydrogen-bond donors (Lipinski definition) is 1. The van der Waals surface area contributed by atoms with Gasteiger partial charge in [-0.3, -0.25) is 18.6 Å². The number of furan rings is 1. The lowest BCUT2D eigenvalue weighted by Gasteiger charge is -2.11. The molecule has 0 saturated carbocycles. The molecular weight excluding hydrogens is 308 g/mol. The number of carbonyl (C=O) groups is 1. The van der Waals surface area contributed by atoms with Crippen LogP contribution in [0.4, 0.5) is 0 Å². The molecule has 3 aromatic heterocycles. The molecule has 0 spiro atoms. The fourth-order valence-electron chi connectivity index (χ4n) is 2.73. The lowest BCUT2D eigenvalue weighted by Crippen LogP contribution is -2.24. The minimum Gasteiger partial charge on any atom is -0.466 e. The Kier molecular flexibility index (Phi) is 3.84. The van der Waals surface area contributed by atoms with E-state index in [1.54, 1.807) is 27.4 Å². The van der Waals surface area contributed by atoms with E-state index in [0.29, 0.717) is 12.2 Å². The van der Waals surface area contributed by atoms with Gasteiger partial charge in [0.2, 0.25) is 5.65 Å².